The van der Waals surface area contributed by atoms with Gasteiger partial charge in [-0.1, -0.05) is 30.3 Å². The Bertz CT molecular complexity index is 961. The Hall–Kier alpha value is -3.40. The quantitative estimate of drug-likeness (QED) is 0.751. The Labute approximate surface area is 170 Å². The van der Waals surface area contributed by atoms with Crippen LogP contribution >= 0.6 is 0 Å². The summed E-state index contributed by atoms with van der Waals surface area (Å²) in [6.45, 7) is 3.74. The standard InChI is InChI=1S/C22H23N5O2/c1-2-26-20(28)22(27(21(26)29)16-17-7-4-3-5-8-17)10-13-25(14-11-22)19-18(15-23)9-6-12-24-19/h3-9,12H,2,10-11,13-14,16H2,1H3. The molecular weight excluding hydrogens is 366 g/mol. The monoisotopic (exact) mass is 389 g/mol. The number of imide groups is 1. The van der Waals surface area contributed by atoms with Crippen molar-refractivity contribution in [3.8, 4) is 6.07 Å². The second kappa shape index (κ2) is 7.55. The summed E-state index contributed by atoms with van der Waals surface area (Å²) in [5, 5.41) is 9.37. The zero-order valence-corrected chi connectivity index (χ0v) is 16.4. The highest BCUT2D eigenvalue weighted by Gasteiger charge is 2.57. The second-order valence-corrected chi connectivity index (χ2v) is 7.41. The van der Waals surface area contributed by atoms with Crippen molar-refractivity contribution in [1.82, 2.24) is 14.8 Å². The number of likely N-dealkylation sites (N-methyl/N-ethyl adjacent to an activating group) is 1. The molecule has 7 nitrogen and oxygen atoms in total. The summed E-state index contributed by atoms with van der Waals surface area (Å²) in [7, 11) is 0. The molecule has 29 heavy (non-hydrogen) atoms. The predicted octanol–water partition coefficient (Wildman–Crippen LogP) is 2.78. The minimum atomic E-state index is -0.832. The minimum absolute atomic E-state index is 0.109. The Morgan fingerprint density at radius 2 is 1.83 bits per heavy atom. The average Bonchev–Trinajstić information content (AvgIpc) is 2.96. The van der Waals surface area contributed by atoms with Crippen LogP contribution in [0.1, 0.15) is 30.9 Å². The number of benzene rings is 1. The maximum Gasteiger partial charge on any atom is 0.327 e. The van der Waals surface area contributed by atoms with E-state index < -0.39 is 5.54 Å². The number of hydrogen-bond acceptors (Lipinski definition) is 5. The fraction of sp³-hybridized carbons (Fsp3) is 0.364. The van der Waals surface area contributed by atoms with Crippen molar-refractivity contribution in [2.24, 2.45) is 0 Å². The van der Waals surface area contributed by atoms with Gasteiger partial charge in [-0.05, 0) is 37.5 Å². The summed E-state index contributed by atoms with van der Waals surface area (Å²) in [5.41, 5.74) is 0.694. The molecule has 1 spiro atoms. The Morgan fingerprint density at radius 1 is 1.10 bits per heavy atom. The van der Waals surface area contributed by atoms with E-state index in [1.807, 2.05) is 42.2 Å². The van der Waals surface area contributed by atoms with Crippen molar-refractivity contribution >= 4 is 17.8 Å². The molecule has 2 aliphatic heterocycles. The van der Waals surface area contributed by atoms with Crippen molar-refractivity contribution in [3.05, 3.63) is 59.8 Å². The molecular formula is C22H23N5O2. The van der Waals surface area contributed by atoms with Crippen LogP contribution in [-0.4, -0.2) is 51.9 Å². The SMILES string of the molecule is CCN1C(=O)N(Cc2ccccc2)C2(CCN(c3ncccc3C#N)CC2)C1=O. The van der Waals surface area contributed by atoms with Gasteiger partial charge < -0.3 is 9.80 Å². The van der Waals surface area contributed by atoms with Crippen molar-refractivity contribution in [1.29, 1.82) is 5.26 Å². The molecule has 2 aromatic rings. The van der Waals surface area contributed by atoms with Crippen LogP contribution in [0.4, 0.5) is 10.6 Å². The zero-order chi connectivity index (χ0) is 20.4. The molecule has 0 saturated carbocycles. The Morgan fingerprint density at radius 3 is 2.48 bits per heavy atom. The van der Waals surface area contributed by atoms with E-state index in [9.17, 15) is 14.9 Å². The molecule has 1 aromatic heterocycles. The van der Waals surface area contributed by atoms with Crippen LogP contribution in [-0.2, 0) is 11.3 Å². The van der Waals surface area contributed by atoms with Crippen LogP contribution in [0.5, 0.6) is 0 Å². The number of nitrogens with zero attached hydrogens (tertiary/aromatic N) is 5. The van der Waals surface area contributed by atoms with E-state index in [1.54, 1.807) is 23.2 Å². The Balaban J connectivity index is 1.62. The van der Waals surface area contributed by atoms with E-state index in [0.29, 0.717) is 50.4 Å². The second-order valence-electron chi connectivity index (χ2n) is 7.41. The number of anilines is 1. The van der Waals surface area contributed by atoms with E-state index in [0.717, 1.165) is 5.56 Å². The first-order chi connectivity index (χ1) is 14.1. The molecule has 3 heterocycles. The zero-order valence-electron chi connectivity index (χ0n) is 16.4. The third-order valence-electron chi connectivity index (χ3n) is 5.92. The van der Waals surface area contributed by atoms with Gasteiger partial charge in [0.1, 0.15) is 17.4 Å². The van der Waals surface area contributed by atoms with E-state index >= 15 is 0 Å². The Kier molecular flexibility index (Phi) is 4.93. The fourth-order valence-electron chi connectivity index (χ4n) is 4.35. The first kappa shape index (κ1) is 18.9. The lowest BCUT2D eigenvalue weighted by atomic mass is 9.85. The number of carbonyl (C=O) groups excluding carboxylic acids is 2. The lowest BCUT2D eigenvalue weighted by molar-refractivity contribution is -0.134. The third-order valence-corrected chi connectivity index (χ3v) is 5.92. The average molecular weight is 389 g/mol. The molecule has 4 rings (SSSR count). The first-order valence-electron chi connectivity index (χ1n) is 9.88. The van der Waals surface area contributed by atoms with Gasteiger partial charge in [-0.3, -0.25) is 9.69 Å². The van der Waals surface area contributed by atoms with Crippen molar-refractivity contribution in [2.45, 2.75) is 31.8 Å². The lowest BCUT2D eigenvalue weighted by Gasteiger charge is -2.42. The maximum atomic E-state index is 13.3. The summed E-state index contributed by atoms with van der Waals surface area (Å²) in [6.07, 6.45) is 2.70. The largest absolute Gasteiger partial charge is 0.355 e. The fourth-order valence-corrected chi connectivity index (χ4v) is 4.35. The molecule has 2 saturated heterocycles. The molecule has 7 heteroatoms. The van der Waals surface area contributed by atoms with Crippen LogP contribution in [0, 0.1) is 11.3 Å². The van der Waals surface area contributed by atoms with Gasteiger partial charge >= 0.3 is 6.03 Å². The maximum absolute atomic E-state index is 13.3. The van der Waals surface area contributed by atoms with Crippen molar-refractivity contribution < 1.29 is 9.59 Å². The van der Waals surface area contributed by atoms with E-state index in [1.165, 1.54) is 4.90 Å². The summed E-state index contributed by atoms with van der Waals surface area (Å²) in [5.74, 6) is 0.533. The van der Waals surface area contributed by atoms with Crippen LogP contribution in [0.3, 0.4) is 0 Å². The predicted molar refractivity (Wildman–Crippen MR) is 108 cm³/mol. The van der Waals surface area contributed by atoms with Gasteiger partial charge in [0.05, 0.1) is 5.56 Å². The number of piperidine rings is 1. The number of pyridine rings is 1. The van der Waals surface area contributed by atoms with Crippen LogP contribution in [0.25, 0.3) is 0 Å². The molecule has 3 amide bonds. The number of rotatable bonds is 4. The molecule has 0 N–H and O–H groups in total. The van der Waals surface area contributed by atoms with Gasteiger partial charge in [0.25, 0.3) is 5.91 Å². The number of nitriles is 1. The number of aromatic nitrogens is 1. The number of urea groups is 1. The van der Waals surface area contributed by atoms with Crippen molar-refractivity contribution in [3.63, 3.8) is 0 Å². The minimum Gasteiger partial charge on any atom is -0.355 e. The van der Waals surface area contributed by atoms with Gasteiger partial charge in [-0.25, -0.2) is 9.78 Å². The van der Waals surface area contributed by atoms with E-state index in [2.05, 4.69) is 11.1 Å². The molecule has 0 radical (unpaired) electrons. The number of amides is 3. The third kappa shape index (κ3) is 3.11. The number of hydrogen-bond donors (Lipinski definition) is 0. The molecule has 2 aliphatic rings. The van der Waals surface area contributed by atoms with Crippen LogP contribution in [0.15, 0.2) is 48.7 Å². The molecule has 148 valence electrons. The van der Waals surface area contributed by atoms with E-state index in [-0.39, 0.29) is 11.9 Å². The molecule has 0 atom stereocenters. The van der Waals surface area contributed by atoms with E-state index in [4.69, 9.17) is 0 Å². The first-order valence-corrected chi connectivity index (χ1v) is 9.88. The lowest BCUT2D eigenvalue weighted by Crippen LogP contribution is -2.56. The molecule has 0 bridgehead atoms. The molecule has 0 aliphatic carbocycles. The topological polar surface area (TPSA) is 80.5 Å². The van der Waals surface area contributed by atoms with Gasteiger partial charge in [0.2, 0.25) is 0 Å². The normalized spacial score (nSPS) is 18.4. The summed E-state index contributed by atoms with van der Waals surface area (Å²) >= 11 is 0. The smallest absolute Gasteiger partial charge is 0.327 e. The van der Waals surface area contributed by atoms with Gasteiger partial charge in [-0.2, -0.15) is 5.26 Å². The highest BCUT2D eigenvalue weighted by molar-refractivity contribution is 6.07. The molecule has 0 unspecified atom stereocenters. The van der Waals surface area contributed by atoms with Gasteiger partial charge in [0.15, 0.2) is 0 Å². The summed E-state index contributed by atoms with van der Waals surface area (Å²) in [4.78, 5) is 35.8. The summed E-state index contributed by atoms with van der Waals surface area (Å²) in [6, 6.07) is 15.2. The van der Waals surface area contributed by atoms with Crippen molar-refractivity contribution in [2.75, 3.05) is 24.5 Å². The summed E-state index contributed by atoms with van der Waals surface area (Å²) < 4.78 is 0. The number of carbonyl (C=O) groups is 2. The van der Waals surface area contributed by atoms with Gasteiger partial charge in [-0.15, -0.1) is 0 Å². The highest BCUT2D eigenvalue weighted by Crippen LogP contribution is 2.39. The highest BCUT2D eigenvalue weighted by atomic mass is 16.2. The van der Waals surface area contributed by atoms with Gasteiger partial charge in [0, 0.05) is 32.4 Å². The molecule has 1 aromatic carbocycles. The van der Waals surface area contributed by atoms with Crippen LogP contribution < -0.4 is 4.90 Å². The van der Waals surface area contributed by atoms with Crippen LogP contribution in [0.2, 0.25) is 0 Å². The molecule has 2 fully saturated rings.